The molecule has 0 saturated heterocycles. The first-order valence-electron chi connectivity index (χ1n) is 9.59. The number of aryl methyl sites for hydroxylation is 2. The van der Waals surface area contributed by atoms with Gasteiger partial charge in [0, 0.05) is 45.2 Å². The Balaban J connectivity index is 1.64. The predicted molar refractivity (Wildman–Crippen MR) is 118 cm³/mol. The Morgan fingerprint density at radius 2 is 1.80 bits per heavy atom. The first-order chi connectivity index (χ1) is 14.5. The second-order valence-corrected chi connectivity index (χ2v) is 7.07. The molecule has 7 nitrogen and oxygen atoms in total. The van der Waals surface area contributed by atoms with Crippen molar-refractivity contribution in [3.05, 3.63) is 72.1 Å². The number of pyridine rings is 1. The zero-order valence-corrected chi connectivity index (χ0v) is 17.4. The third-order valence-corrected chi connectivity index (χ3v) is 4.98. The third kappa shape index (κ3) is 3.69. The molecule has 0 aliphatic heterocycles. The highest BCUT2D eigenvalue weighted by molar-refractivity contribution is 5.92. The topological polar surface area (TPSA) is 72.3 Å². The molecule has 0 aliphatic carbocycles. The van der Waals surface area contributed by atoms with Crippen LogP contribution in [0.1, 0.15) is 16.1 Å². The van der Waals surface area contributed by atoms with E-state index in [2.05, 4.69) is 51.0 Å². The van der Waals surface area contributed by atoms with Gasteiger partial charge in [0.05, 0.1) is 11.0 Å². The van der Waals surface area contributed by atoms with Gasteiger partial charge < -0.3 is 19.5 Å². The van der Waals surface area contributed by atoms with E-state index in [1.165, 1.54) is 5.56 Å². The van der Waals surface area contributed by atoms with Crippen LogP contribution in [-0.4, -0.2) is 34.5 Å². The summed E-state index contributed by atoms with van der Waals surface area (Å²) in [5.41, 5.74) is 4.40. The first kappa shape index (κ1) is 19.4. The predicted octanol–water partition coefficient (Wildman–Crippen LogP) is 4.20. The maximum absolute atomic E-state index is 11.8. The molecule has 0 bridgehead atoms. The number of hydrogen-bond acceptors (Lipinski definition) is 5. The van der Waals surface area contributed by atoms with Crippen molar-refractivity contribution in [3.63, 3.8) is 0 Å². The maximum Gasteiger partial charge on any atom is 0.269 e. The van der Waals surface area contributed by atoms with Gasteiger partial charge in [-0.3, -0.25) is 9.78 Å². The fraction of sp³-hybridized carbons (Fsp3) is 0.174. The van der Waals surface area contributed by atoms with Crippen LogP contribution in [-0.2, 0) is 7.05 Å². The molecule has 0 aliphatic rings. The Bertz CT molecular complexity index is 1210. The monoisotopic (exact) mass is 401 g/mol. The lowest BCUT2D eigenvalue weighted by Gasteiger charge is -2.18. The Kier molecular flexibility index (Phi) is 5.10. The highest BCUT2D eigenvalue weighted by atomic mass is 16.5. The largest absolute Gasteiger partial charge is 0.457 e. The van der Waals surface area contributed by atoms with Crippen LogP contribution in [0.25, 0.3) is 11.0 Å². The van der Waals surface area contributed by atoms with Crippen molar-refractivity contribution in [2.24, 2.45) is 7.05 Å². The van der Waals surface area contributed by atoms with E-state index in [-0.39, 0.29) is 5.91 Å². The summed E-state index contributed by atoms with van der Waals surface area (Å²) in [5.74, 6) is 1.75. The van der Waals surface area contributed by atoms with Gasteiger partial charge in [-0.2, -0.15) is 0 Å². The number of rotatable bonds is 5. The van der Waals surface area contributed by atoms with Crippen LogP contribution >= 0.6 is 0 Å². The highest BCUT2D eigenvalue weighted by Gasteiger charge is 2.14. The van der Waals surface area contributed by atoms with Gasteiger partial charge in [0.15, 0.2) is 0 Å². The summed E-state index contributed by atoms with van der Waals surface area (Å²) in [5, 5.41) is 2.56. The number of carbonyl (C=O) groups is 1. The van der Waals surface area contributed by atoms with E-state index in [1.807, 2.05) is 32.3 Å². The summed E-state index contributed by atoms with van der Waals surface area (Å²) >= 11 is 0. The number of hydrogen-bond donors (Lipinski definition) is 1. The Labute approximate surface area is 174 Å². The molecule has 7 heteroatoms. The Morgan fingerprint density at radius 3 is 2.53 bits per heavy atom. The highest BCUT2D eigenvalue weighted by Crippen LogP contribution is 2.30. The molecular weight excluding hydrogens is 378 g/mol. The minimum Gasteiger partial charge on any atom is -0.457 e. The molecule has 0 radical (unpaired) electrons. The van der Waals surface area contributed by atoms with Gasteiger partial charge in [0.1, 0.15) is 17.2 Å². The lowest BCUT2D eigenvalue weighted by Crippen LogP contribution is -2.18. The van der Waals surface area contributed by atoms with E-state index < -0.39 is 0 Å². The summed E-state index contributed by atoms with van der Waals surface area (Å²) in [4.78, 5) is 22.7. The van der Waals surface area contributed by atoms with Crippen molar-refractivity contribution in [1.29, 1.82) is 0 Å². The Morgan fingerprint density at radius 1 is 1.07 bits per heavy atom. The van der Waals surface area contributed by atoms with Gasteiger partial charge in [0.25, 0.3) is 5.91 Å². The molecule has 0 atom stereocenters. The van der Waals surface area contributed by atoms with Crippen LogP contribution in [0.2, 0.25) is 0 Å². The molecule has 1 N–H and O–H groups in total. The maximum atomic E-state index is 11.8. The SMILES string of the molecule is CNC(=O)c1cc(Oc2ccc3c(c2)nc(N(C)c2ccc(C)cc2)n3C)ccn1. The van der Waals surface area contributed by atoms with Crippen LogP contribution < -0.4 is 15.0 Å². The molecular formula is C23H23N5O2. The number of carbonyl (C=O) groups excluding carboxylic acids is 1. The number of ether oxygens (including phenoxy) is 1. The molecule has 2 aromatic heterocycles. The fourth-order valence-corrected chi connectivity index (χ4v) is 3.28. The average Bonchev–Trinajstić information content (AvgIpc) is 3.09. The normalized spacial score (nSPS) is 10.8. The zero-order chi connectivity index (χ0) is 21.3. The van der Waals surface area contributed by atoms with Crippen LogP contribution in [0.15, 0.2) is 60.8 Å². The quantitative estimate of drug-likeness (QED) is 0.543. The smallest absolute Gasteiger partial charge is 0.269 e. The van der Waals surface area contributed by atoms with Crippen LogP contribution in [0, 0.1) is 6.92 Å². The molecule has 4 rings (SSSR count). The number of imidazole rings is 1. The van der Waals surface area contributed by atoms with Crippen molar-refractivity contribution in [3.8, 4) is 11.5 Å². The Hall–Kier alpha value is -3.87. The lowest BCUT2D eigenvalue weighted by molar-refractivity contribution is 0.0958. The van der Waals surface area contributed by atoms with E-state index in [4.69, 9.17) is 9.72 Å². The molecule has 4 aromatic rings. The minimum atomic E-state index is -0.260. The van der Waals surface area contributed by atoms with Crippen molar-refractivity contribution in [2.45, 2.75) is 6.92 Å². The summed E-state index contributed by atoms with van der Waals surface area (Å²) in [6.45, 7) is 2.07. The molecule has 0 spiro atoms. The zero-order valence-electron chi connectivity index (χ0n) is 17.4. The number of fused-ring (bicyclic) bond motifs is 1. The fourth-order valence-electron chi connectivity index (χ4n) is 3.28. The number of nitrogens with one attached hydrogen (secondary N) is 1. The molecule has 30 heavy (non-hydrogen) atoms. The summed E-state index contributed by atoms with van der Waals surface area (Å²) in [7, 11) is 5.56. The van der Waals surface area contributed by atoms with Crippen molar-refractivity contribution >= 4 is 28.6 Å². The van der Waals surface area contributed by atoms with E-state index >= 15 is 0 Å². The second-order valence-electron chi connectivity index (χ2n) is 7.07. The molecule has 0 fully saturated rings. The standard InChI is InChI=1S/C23H23N5O2/c1-15-5-7-16(8-6-15)27(3)23-26-19-13-17(9-10-21(19)28(23)4)30-18-11-12-25-20(14-18)22(29)24-2/h5-14H,1-4H3,(H,24,29). The number of amides is 1. The average molecular weight is 401 g/mol. The first-order valence-corrected chi connectivity index (χ1v) is 9.59. The molecule has 2 aromatic carbocycles. The van der Waals surface area contributed by atoms with Crippen LogP contribution in [0.4, 0.5) is 11.6 Å². The summed E-state index contributed by atoms with van der Waals surface area (Å²) < 4.78 is 8.00. The summed E-state index contributed by atoms with van der Waals surface area (Å²) in [6, 6.07) is 17.4. The minimum absolute atomic E-state index is 0.260. The number of anilines is 2. The molecule has 0 unspecified atom stereocenters. The van der Waals surface area contributed by atoms with E-state index in [1.54, 1.807) is 25.4 Å². The third-order valence-electron chi connectivity index (χ3n) is 4.98. The molecule has 152 valence electrons. The van der Waals surface area contributed by atoms with E-state index in [0.29, 0.717) is 17.2 Å². The van der Waals surface area contributed by atoms with Crippen molar-refractivity contribution in [2.75, 3.05) is 19.0 Å². The van der Waals surface area contributed by atoms with Crippen molar-refractivity contribution in [1.82, 2.24) is 19.9 Å². The molecule has 0 saturated carbocycles. The summed E-state index contributed by atoms with van der Waals surface area (Å²) in [6.07, 6.45) is 1.55. The van der Waals surface area contributed by atoms with Gasteiger partial charge in [-0.15, -0.1) is 0 Å². The van der Waals surface area contributed by atoms with Gasteiger partial charge in [0.2, 0.25) is 5.95 Å². The number of nitrogens with zero attached hydrogens (tertiary/aromatic N) is 4. The van der Waals surface area contributed by atoms with Crippen LogP contribution in [0.5, 0.6) is 11.5 Å². The van der Waals surface area contributed by atoms with Crippen molar-refractivity contribution < 1.29 is 9.53 Å². The molecule has 1 amide bonds. The van der Waals surface area contributed by atoms with Gasteiger partial charge in [-0.25, -0.2) is 4.98 Å². The van der Waals surface area contributed by atoms with E-state index in [0.717, 1.165) is 22.7 Å². The van der Waals surface area contributed by atoms with Gasteiger partial charge in [-0.1, -0.05) is 17.7 Å². The van der Waals surface area contributed by atoms with E-state index in [9.17, 15) is 4.79 Å². The van der Waals surface area contributed by atoms with Crippen LogP contribution in [0.3, 0.4) is 0 Å². The second kappa shape index (κ2) is 7.87. The molecule has 2 heterocycles. The lowest BCUT2D eigenvalue weighted by atomic mass is 10.2. The van der Waals surface area contributed by atoms with Gasteiger partial charge in [-0.05, 0) is 37.3 Å². The van der Waals surface area contributed by atoms with Gasteiger partial charge >= 0.3 is 0 Å². The number of benzene rings is 2. The number of aromatic nitrogens is 3.